The van der Waals surface area contributed by atoms with Gasteiger partial charge < -0.3 is 9.88 Å². The predicted octanol–water partition coefficient (Wildman–Crippen LogP) is 3.38. The van der Waals surface area contributed by atoms with Crippen LogP contribution in [0.15, 0.2) is 43.1 Å². The number of carbonyl (C=O) groups is 1. The molecule has 29 heavy (non-hydrogen) atoms. The van der Waals surface area contributed by atoms with Crippen molar-refractivity contribution < 1.29 is 4.79 Å². The SMILES string of the molecule is Cc1ccc2c(C(=O)N(C)C)cc(-c3cnn(CCc4cnc[nH]4)c3)nc2c1C. The van der Waals surface area contributed by atoms with Crippen LogP contribution in [0.4, 0.5) is 0 Å². The molecule has 0 fully saturated rings. The number of amides is 1. The van der Waals surface area contributed by atoms with E-state index in [9.17, 15) is 4.79 Å². The van der Waals surface area contributed by atoms with Crippen LogP contribution in [-0.4, -0.2) is 49.6 Å². The highest BCUT2D eigenvalue weighted by Crippen LogP contribution is 2.28. The number of aromatic nitrogens is 5. The number of benzene rings is 1. The van der Waals surface area contributed by atoms with Crippen LogP contribution in [0.5, 0.6) is 0 Å². The molecule has 7 nitrogen and oxygen atoms in total. The number of nitrogens with zero attached hydrogens (tertiary/aromatic N) is 5. The second-order valence-corrected chi connectivity index (χ2v) is 7.48. The number of imidazole rings is 1. The molecule has 0 aliphatic rings. The van der Waals surface area contributed by atoms with Gasteiger partial charge in [-0.1, -0.05) is 12.1 Å². The number of aromatic amines is 1. The fraction of sp³-hybridized carbons (Fsp3) is 0.273. The normalized spacial score (nSPS) is 11.2. The van der Waals surface area contributed by atoms with Gasteiger partial charge >= 0.3 is 0 Å². The summed E-state index contributed by atoms with van der Waals surface area (Å²) in [5, 5.41) is 5.35. The molecule has 0 bridgehead atoms. The highest BCUT2D eigenvalue weighted by Gasteiger charge is 2.18. The molecule has 0 saturated heterocycles. The molecule has 3 heterocycles. The lowest BCUT2D eigenvalue weighted by atomic mass is 9.99. The lowest BCUT2D eigenvalue weighted by molar-refractivity contribution is 0.0829. The van der Waals surface area contributed by atoms with Gasteiger partial charge in [0.05, 0.1) is 29.3 Å². The monoisotopic (exact) mass is 388 g/mol. The first kappa shape index (κ1) is 18.9. The number of hydrogen-bond donors (Lipinski definition) is 1. The zero-order valence-corrected chi connectivity index (χ0v) is 17.1. The van der Waals surface area contributed by atoms with E-state index in [0.717, 1.165) is 51.9 Å². The number of carbonyl (C=O) groups excluding carboxylic acids is 1. The lowest BCUT2D eigenvalue weighted by Crippen LogP contribution is -2.22. The first-order valence-electron chi connectivity index (χ1n) is 9.56. The number of H-pyrrole nitrogens is 1. The van der Waals surface area contributed by atoms with Gasteiger partial charge in [-0.15, -0.1) is 0 Å². The molecule has 0 aliphatic carbocycles. The summed E-state index contributed by atoms with van der Waals surface area (Å²) in [6, 6.07) is 5.90. The molecular weight excluding hydrogens is 364 g/mol. The maximum absolute atomic E-state index is 12.8. The largest absolute Gasteiger partial charge is 0.348 e. The first-order chi connectivity index (χ1) is 13.9. The molecular formula is C22H24N6O. The Bertz CT molecular complexity index is 1170. The number of fused-ring (bicyclic) bond motifs is 1. The van der Waals surface area contributed by atoms with E-state index in [0.29, 0.717) is 5.56 Å². The van der Waals surface area contributed by atoms with Crippen molar-refractivity contribution in [2.45, 2.75) is 26.8 Å². The van der Waals surface area contributed by atoms with Crippen molar-refractivity contribution in [1.29, 1.82) is 0 Å². The Balaban J connectivity index is 1.75. The third-order valence-corrected chi connectivity index (χ3v) is 5.24. The van der Waals surface area contributed by atoms with Gasteiger partial charge in [-0.3, -0.25) is 9.48 Å². The van der Waals surface area contributed by atoms with Gasteiger partial charge in [-0.05, 0) is 31.0 Å². The molecule has 1 aromatic carbocycles. The van der Waals surface area contributed by atoms with E-state index in [4.69, 9.17) is 4.98 Å². The number of nitrogens with one attached hydrogen (secondary N) is 1. The van der Waals surface area contributed by atoms with Crippen LogP contribution >= 0.6 is 0 Å². The second kappa shape index (κ2) is 7.50. The van der Waals surface area contributed by atoms with E-state index in [1.165, 1.54) is 0 Å². The Labute approximate surface area is 169 Å². The maximum atomic E-state index is 12.8. The molecule has 0 aliphatic heterocycles. The standard InChI is InChI=1S/C22H24N6O/c1-14-5-6-18-19(22(29)27(3)4)9-20(26-21(18)15(14)2)16-10-25-28(12-16)8-7-17-11-23-13-24-17/h5-6,9-13H,7-8H2,1-4H3,(H,23,24). The predicted molar refractivity (Wildman–Crippen MR) is 113 cm³/mol. The molecule has 0 atom stereocenters. The van der Waals surface area contributed by atoms with Crippen molar-refractivity contribution in [2.24, 2.45) is 0 Å². The van der Waals surface area contributed by atoms with Crippen LogP contribution in [0.1, 0.15) is 27.2 Å². The van der Waals surface area contributed by atoms with Gasteiger partial charge in [0.15, 0.2) is 0 Å². The summed E-state index contributed by atoms with van der Waals surface area (Å²) in [4.78, 5) is 26.5. The summed E-state index contributed by atoms with van der Waals surface area (Å²) in [5.74, 6) is -0.0338. The topological polar surface area (TPSA) is 79.7 Å². The van der Waals surface area contributed by atoms with E-state index >= 15 is 0 Å². The molecule has 148 valence electrons. The molecule has 0 saturated carbocycles. The zero-order valence-electron chi connectivity index (χ0n) is 17.1. The van der Waals surface area contributed by atoms with Crippen LogP contribution in [0, 0.1) is 13.8 Å². The van der Waals surface area contributed by atoms with E-state index in [1.807, 2.05) is 42.2 Å². The average Bonchev–Trinajstić information content (AvgIpc) is 3.39. The maximum Gasteiger partial charge on any atom is 0.254 e. The summed E-state index contributed by atoms with van der Waals surface area (Å²) in [6.07, 6.45) is 8.08. The highest BCUT2D eigenvalue weighted by atomic mass is 16.2. The molecule has 7 heteroatoms. The van der Waals surface area contributed by atoms with E-state index in [2.05, 4.69) is 22.0 Å². The van der Waals surface area contributed by atoms with E-state index in [-0.39, 0.29) is 5.91 Å². The molecule has 4 aromatic rings. The lowest BCUT2D eigenvalue weighted by Gasteiger charge is -2.15. The molecule has 3 aromatic heterocycles. The van der Waals surface area contributed by atoms with Crippen LogP contribution < -0.4 is 0 Å². The van der Waals surface area contributed by atoms with Crippen molar-refractivity contribution in [3.63, 3.8) is 0 Å². The van der Waals surface area contributed by atoms with Crippen LogP contribution in [0.3, 0.4) is 0 Å². The van der Waals surface area contributed by atoms with Crippen molar-refractivity contribution >= 4 is 16.8 Å². The van der Waals surface area contributed by atoms with Crippen molar-refractivity contribution in [3.05, 3.63) is 65.5 Å². The molecule has 4 rings (SSSR count). The van der Waals surface area contributed by atoms with Crippen molar-refractivity contribution in [3.8, 4) is 11.3 Å². The van der Waals surface area contributed by atoms with Crippen LogP contribution in [0.2, 0.25) is 0 Å². The minimum Gasteiger partial charge on any atom is -0.348 e. The second-order valence-electron chi connectivity index (χ2n) is 7.48. The smallest absolute Gasteiger partial charge is 0.254 e. The van der Waals surface area contributed by atoms with E-state index < -0.39 is 0 Å². The van der Waals surface area contributed by atoms with Gasteiger partial charge in [0.2, 0.25) is 0 Å². The fourth-order valence-corrected chi connectivity index (χ4v) is 3.37. The minimum atomic E-state index is -0.0338. The van der Waals surface area contributed by atoms with Crippen LogP contribution in [0.25, 0.3) is 22.2 Å². The van der Waals surface area contributed by atoms with Crippen molar-refractivity contribution in [2.75, 3.05) is 14.1 Å². The minimum absolute atomic E-state index is 0.0338. The number of hydrogen-bond acceptors (Lipinski definition) is 4. The first-order valence-corrected chi connectivity index (χ1v) is 9.56. The molecule has 0 spiro atoms. The Hall–Kier alpha value is -3.48. The summed E-state index contributed by atoms with van der Waals surface area (Å²) in [7, 11) is 3.53. The van der Waals surface area contributed by atoms with Gasteiger partial charge in [0.25, 0.3) is 5.91 Å². The highest BCUT2D eigenvalue weighted by molar-refractivity contribution is 6.07. The Morgan fingerprint density at radius 3 is 2.76 bits per heavy atom. The third kappa shape index (κ3) is 3.63. The Morgan fingerprint density at radius 2 is 2.03 bits per heavy atom. The number of aryl methyl sites for hydroxylation is 4. The Morgan fingerprint density at radius 1 is 1.21 bits per heavy atom. The number of pyridine rings is 1. The fourth-order valence-electron chi connectivity index (χ4n) is 3.37. The molecule has 1 N–H and O–H groups in total. The number of rotatable bonds is 5. The quantitative estimate of drug-likeness (QED) is 0.568. The summed E-state index contributed by atoms with van der Waals surface area (Å²) >= 11 is 0. The van der Waals surface area contributed by atoms with E-state index in [1.54, 1.807) is 31.5 Å². The Kier molecular flexibility index (Phi) is 4.88. The van der Waals surface area contributed by atoms with Gasteiger partial charge in [-0.2, -0.15) is 5.10 Å². The third-order valence-electron chi connectivity index (χ3n) is 5.24. The molecule has 1 amide bonds. The summed E-state index contributed by atoms with van der Waals surface area (Å²) < 4.78 is 1.89. The molecule has 0 radical (unpaired) electrons. The molecule has 0 unspecified atom stereocenters. The summed E-state index contributed by atoms with van der Waals surface area (Å²) in [6.45, 7) is 4.84. The van der Waals surface area contributed by atoms with Gasteiger partial charge in [-0.25, -0.2) is 9.97 Å². The van der Waals surface area contributed by atoms with Crippen molar-refractivity contribution in [1.82, 2.24) is 29.6 Å². The summed E-state index contributed by atoms with van der Waals surface area (Å²) in [5.41, 5.74) is 6.47. The van der Waals surface area contributed by atoms with Gasteiger partial charge in [0.1, 0.15) is 0 Å². The average molecular weight is 388 g/mol. The zero-order chi connectivity index (χ0) is 20.5. The van der Waals surface area contributed by atoms with Crippen LogP contribution in [-0.2, 0) is 13.0 Å². The van der Waals surface area contributed by atoms with Gasteiger partial charge in [0, 0.05) is 56.1 Å².